The maximum Gasteiger partial charge on any atom is 0.471 e. The number of hydrogen-bond acceptors (Lipinski definition) is 4. The van der Waals surface area contributed by atoms with Crippen LogP contribution in [0.4, 0.5) is 0 Å². The number of nitrogens with one attached hydrogen (secondary N) is 1. The molecule has 0 aromatic heterocycles. The first-order valence-corrected chi connectivity index (χ1v) is 4.29. The van der Waals surface area contributed by atoms with E-state index in [1.54, 1.807) is 7.05 Å². The lowest BCUT2D eigenvalue weighted by molar-refractivity contribution is 0.175. The largest absolute Gasteiger partial charge is 0.471 e. The predicted molar refractivity (Wildman–Crippen MR) is 36.7 cm³/mol. The van der Waals surface area contributed by atoms with Gasteiger partial charge >= 0.3 is 7.82 Å². The van der Waals surface area contributed by atoms with E-state index in [9.17, 15) is 4.57 Å². The molecule has 62 valence electrons. The molecule has 0 aliphatic carbocycles. The highest BCUT2D eigenvalue weighted by atomic mass is 31.2. The third-order valence-corrected chi connectivity index (χ3v) is 1.81. The van der Waals surface area contributed by atoms with Gasteiger partial charge in [-0.1, -0.05) is 0 Å². The molecule has 0 saturated heterocycles. The van der Waals surface area contributed by atoms with E-state index in [4.69, 9.17) is 4.89 Å². The number of phosphoric acid groups is 1. The topological polar surface area (TPSA) is 67.8 Å². The van der Waals surface area contributed by atoms with Crippen molar-refractivity contribution in [3.63, 3.8) is 0 Å². The summed E-state index contributed by atoms with van der Waals surface area (Å²) in [6, 6.07) is 0. The van der Waals surface area contributed by atoms with Gasteiger partial charge in [0.2, 0.25) is 0 Å². The Labute approximate surface area is 60.0 Å². The molecule has 0 aliphatic heterocycles. The van der Waals surface area contributed by atoms with Gasteiger partial charge in [-0.25, -0.2) is 4.57 Å². The molecule has 5 nitrogen and oxygen atoms in total. The Morgan fingerprint density at radius 2 is 2.30 bits per heavy atom. The van der Waals surface area contributed by atoms with E-state index in [0.29, 0.717) is 6.54 Å². The summed E-state index contributed by atoms with van der Waals surface area (Å²) in [4.78, 5) is 8.63. The first-order chi connectivity index (χ1) is 4.62. The molecule has 10 heavy (non-hydrogen) atoms. The van der Waals surface area contributed by atoms with Crippen molar-refractivity contribution >= 4 is 7.82 Å². The summed E-state index contributed by atoms with van der Waals surface area (Å²) in [6.07, 6.45) is 0. The summed E-state index contributed by atoms with van der Waals surface area (Å²) < 4.78 is 19.1. The molecule has 0 bridgehead atoms. The van der Waals surface area contributed by atoms with Gasteiger partial charge in [0.25, 0.3) is 0 Å². The maximum atomic E-state index is 10.5. The molecule has 0 aromatic rings. The molecule has 0 radical (unpaired) electrons. The zero-order valence-corrected chi connectivity index (χ0v) is 6.93. The van der Waals surface area contributed by atoms with Crippen molar-refractivity contribution in [3.8, 4) is 0 Å². The summed E-state index contributed by atoms with van der Waals surface area (Å²) in [5.74, 6) is 0. The van der Waals surface area contributed by atoms with Crippen LogP contribution >= 0.6 is 7.82 Å². The molecular formula is C4H12NO4P. The number of phosphoric ester groups is 1. The zero-order chi connectivity index (χ0) is 8.04. The molecule has 0 saturated carbocycles. The SMILES string of the molecule is CNCCOP(=O)(O)OC. The van der Waals surface area contributed by atoms with Crippen LogP contribution in [0.3, 0.4) is 0 Å². The third kappa shape index (κ3) is 4.90. The highest BCUT2D eigenvalue weighted by Crippen LogP contribution is 2.41. The number of hydrogen-bond donors (Lipinski definition) is 2. The van der Waals surface area contributed by atoms with Crippen molar-refractivity contribution in [3.05, 3.63) is 0 Å². The van der Waals surface area contributed by atoms with Gasteiger partial charge in [-0.15, -0.1) is 0 Å². The van der Waals surface area contributed by atoms with Crippen LogP contribution in [0.5, 0.6) is 0 Å². The Balaban J connectivity index is 3.38. The summed E-state index contributed by atoms with van der Waals surface area (Å²) in [5, 5.41) is 2.75. The van der Waals surface area contributed by atoms with Gasteiger partial charge in [-0.2, -0.15) is 0 Å². The minimum atomic E-state index is -3.74. The molecule has 6 heteroatoms. The second kappa shape index (κ2) is 4.82. The Bertz CT molecular complexity index is 128. The average Bonchev–Trinajstić information content (AvgIpc) is 1.89. The van der Waals surface area contributed by atoms with Gasteiger partial charge in [0, 0.05) is 13.7 Å². The van der Waals surface area contributed by atoms with Crippen molar-refractivity contribution < 1.29 is 18.5 Å². The average molecular weight is 169 g/mol. The smallest absolute Gasteiger partial charge is 0.317 e. The predicted octanol–water partition coefficient (Wildman–Crippen LogP) is -0.0308. The summed E-state index contributed by atoms with van der Waals surface area (Å²) >= 11 is 0. The quantitative estimate of drug-likeness (QED) is 0.446. The standard InChI is InChI=1S/C4H12NO4P/c1-5-3-4-9-10(6,7)8-2/h5H,3-4H2,1-2H3,(H,6,7). The Kier molecular flexibility index (Phi) is 4.85. The zero-order valence-electron chi connectivity index (χ0n) is 6.03. The highest BCUT2D eigenvalue weighted by Gasteiger charge is 2.16. The van der Waals surface area contributed by atoms with Gasteiger partial charge in [0.05, 0.1) is 6.61 Å². The number of likely N-dealkylation sites (N-methyl/N-ethyl adjacent to an activating group) is 1. The van der Waals surface area contributed by atoms with Crippen LogP contribution < -0.4 is 5.32 Å². The molecule has 0 aromatic carbocycles. The molecular weight excluding hydrogens is 157 g/mol. The van der Waals surface area contributed by atoms with Crippen molar-refractivity contribution in [2.24, 2.45) is 0 Å². The molecule has 2 N–H and O–H groups in total. The first kappa shape index (κ1) is 10.1. The first-order valence-electron chi connectivity index (χ1n) is 2.80. The van der Waals surface area contributed by atoms with Crippen molar-refractivity contribution in [2.75, 3.05) is 27.3 Å². The molecule has 0 fully saturated rings. The molecule has 0 spiro atoms. The summed E-state index contributed by atoms with van der Waals surface area (Å²) in [5.41, 5.74) is 0. The van der Waals surface area contributed by atoms with E-state index in [0.717, 1.165) is 7.11 Å². The van der Waals surface area contributed by atoms with E-state index < -0.39 is 7.82 Å². The van der Waals surface area contributed by atoms with Crippen LogP contribution in [-0.4, -0.2) is 32.2 Å². The lowest BCUT2D eigenvalue weighted by Crippen LogP contribution is -2.13. The monoisotopic (exact) mass is 169 g/mol. The van der Waals surface area contributed by atoms with Crippen LogP contribution in [0.2, 0.25) is 0 Å². The Hall–Kier alpha value is 0.0700. The molecule has 0 heterocycles. The molecule has 1 unspecified atom stereocenters. The minimum Gasteiger partial charge on any atom is -0.317 e. The molecule has 0 amide bonds. The van der Waals surface area contributed by atoms with Gasteiger partial charge in [-0.05, 0) is 7.05 Å². The Morgan fingerprint density at radius 1 is 1.70 bits per heavy atom. The summed E-state index contributed by atoms with van der Waals surface area (Å²) in [6.45, 7) is 0.687. The van der Waals surface area contributed by atoms with E-state index in [1.165, 1.54) is 0 Å². The van der Waals surface area contributed by atoms with Crippen LogP contribution in [0.1, 0.15) is 0 Å². The van der Waals surface area contributed by atoms with E-state index >= 15 is 0 Å². The van der Waals surface area contributed by atoms with Crippen LogP contribution in [0.25, 0.3) is 0 Å². The second-order valence-corrected chi connectivity index (χ2v) is 3.15. The van der Waals surface area contributed by atoms with Crippen molar-refractivity contribution in [1.29, 1.82) is 0 Å². The van der Waals surface area contributed by atoms with Gasteiger partial charge in [0.1, 0.15) is 0 Å². The van der Waals surface area contributed by atoms with Gasteiger partial charge in [-0.3, -0.25) is 9.05 Å². The fourth-order valence-electron chi connectivity index (χ4n) is 0.316. The maximum absolute atomic E-state index is 10.5. The highest BCUT2D eigenvalue weighted by molar-refractivity contribution is 7.47. The van der Waals surface area contributed by atoms with Crippen LogP contribution in [0, 0.1) is 0 Å². The fourth-order valence-corrected chi connectivity index (χ4v) is 0.743. The lowest BCUT2D eigenvalue weighted by Gasteiger charge is -2.07. The second-order valence-electron chi connectivity index (χ2n) is 1.59. The third-order valence-electron chi connectivity index (χ3n) is 0.837. The minimum absolute atomic E-state index is 0.165. The summed E-state index contributed by atoms with van der Waals surface area (Å²) in [7, 11) is -0.897. The Morgan fingerprint density at radius 3 is 2.70 bits per heavy atom. The van der Waals surface area contributed by atoms with E-state index in [-0.39, 0.29) is 6.61 Å². The van der Waals surface area contributed by atoms with Gasteiger partial charge in [0.15, 0.2) is 0 Å². The van der Waals surface area contributed by atoms with Gasteiger partial charge < -0.3 is 10.2 Å². The van der Waals surface area contributed by atoms with Crippen LogP contribution in [0.15, 0.2) is 0 Å². The molecule has 1 atom stereocenters. The van der Waals surface area contributed by atoms with Crippen LogP contribution in [-0.2, 0) is 13.6 Å². The molecule has 0 aliphatic rings. The lowest BCUT2D eigenvalue weighted by atomic mass is 10.7. The fraction of sp³-hybridized carbons (Fsp3) is 1.00. The normalized spacial score (nSPS) is 16.7. The molecule has 0 rings (SSSR count). The van der Waals surface area contributed by atoms with E-state index in [1.807, 2.05) is 0 Å². The van der Waals surface area contributed by atoms with Crippen molar-refractivity contribution in [1.82, 2.24) is 5.32 Å². The van der Waals surface area contributed by atoms with Crippen molar-refractivity contribution in [2.45, 2.75) is 0 Å². The number of rotatable bonds is 5. The van der Waals surface area contributed by atoms with E-state index in [2.05, 4.69) is 14.4 Å².